The molecule has 208 valence electrons. The fourth-order valence-electron chi connectivity index (χ4n) is 4.11. The van der Waals surface area contributed by atoms with Crippen LogP contribution in [0.1, 0.15) is 55.5 Å². The van der Waals surface area contributed by atoms with Crippen molar-refractivity contribution in [1.29, 1.82) is 0 Å². The lowest BCUT2D eigenvalue weighted by Crippen LogP contribution is -2.53. The molecule has 3 N–H and O–H groups in total. The van der Waals surface area contributed by atoms with Crippen LogP contribution in [0.4, 0.5) is 10.5 Å². The van der Waals surface area contributed by atoms with Gasteiger partial charge in [-0.25, -0.2) is 4.79 Å². The number of amides is 3. The molecule has 2 aromatic carbocycles. The van der Waals surface area contributed by atoms with Crippen LogP contribution in [0.3, 0.4) is 0 Å². The second-order valence-corrected chi connectivity index (χ2v) is 11.3. The number of aryl methyl sites for hydroxylation is 3. The van der Waals surface area contributed by atoms with E-state index in [2.05, 4.69) is 10.6 Å². The number of rotatable bonds is 11. The van der Waals surface area contributed by atoms with E-state index in [1.807, 2.05) is 63.4 Å². The van der Waals surface area contributed by atoms with Crippen molar-refractivity contribution >= 4 is 35.4 Å². The second-order valence-electron chi connectivity index (χ2n) is 10.3. The number of nitrogens with one attached hydrogen (secondary N) is 2. The number of alkyl carbamates (subject to hydrolysis) is 1. The van der Waals surface area contributed by atoms with E-state index in [0.29, 0.717) is 23.4 Å². The highest BCUT2D eigenvalue weighted by atomic mass is 32.2. The SMILES string of the molecule is CSCCC(NC(=O)OC(C)(C)C)C(=O)N(CCO)C(C(=O)Nc1ccccc1C)c1ccc(C)cc1C. The number of hydrogen-bond donors (Lipinski definition) is 3. The van der Waals surface area contributed by atoms with Gasteiger partial charge in [0, 0.05) is 12.2 Å². The molecule has 2 unspecified atom stereocenters. The second kappa shape index (κ2) is 14.2. The third-order valence-electron chi connectivity index (χ3n) is 5.91. The zero-order chi connectivity index (χ0) is 28.5. The topological polar surface area (TPSA) is 108 Å². The average molecular weight is 544 g/mol. The lowest BCUT2D eigenvalue weighted by molar-refractivity contribution is -0.141. The lowest BCUT2D eigenvalue weighted by atomic mass is 9.96. The Labute approximate surface area is 230 Å². The summed E-state index contributed by atoms with van der Waals surface area (Å²) in [7, 11) is 0. The van der Waals surface area contributed by atoms with Crippen molar-refractivity contribution in [3.63, 3.8) is 0 Å². The Bertz CT molecular complexity index is 1120. The smallest absolute Gasteiger partial charge is 0.408 e. The molecule has 2 rings (SSSR count). The normalized spacial score (nSPS) is 12.8. The highest BCUT2D eigenvalue weighted by Gasteiger charge is 2.36. The highest BCUT2D eigenvalue weighted by Crippen LogP contribution is 2.28. The van der Waals surface area contributed by atoms with Crippen LogP contribution in [0.15, 0.2) is 42.5 Å². The van der Waals surface area contributed by atoms with Crippen LogP contribution in [-0.4, -0.2) is 64.7 Å². The maximum atomic E-state index is 14.0. The average Bonchev–Trinajstić information content (AvgIpc) is 2.82. The Morgan fingerprint density at radius 1 is 1.05 bits per heavy atom. The molecular formula is C29H41N3O5S. The minimum atomic E-state index is -1.04. The van der Waals surface area contributed by atoms with Crippen LogP contribution >= 0.6 is 11.8 Å². The lowest BCUT2D eigenvalue weighted by Gasteiger charge is -2.35. The Morgan fingerprint density at radius 3 is 2.32 bits per heavy atom. The van der Waals surface area contributed by atoms with E-state index in [1.54, 1.807) is 26.8 Å². The summed E-state index contributed by atoms with van der Waals surface area (Å²) in [6, 6.07) is 11.1. The van der Waals surface area contributed by atoms with Crippen LogP contribution in [0.2, 0.25) is 0 Å². The van der Waals surface area contributed by atoms with Crippen molar-refractivity contribution < 1.29 is 24.2 Å². The maximum Gasteiger partial charge on any atom is 0.408 e. The van der Waals surface area contributed by atoms with Crippen LogP contribution < -0.4 is 10.6 Å². The standard InChI is InChI=1S/C29H41N3O5S/c1-19-12-13-22(21(3)18-19)25(26(34)30-23-11-9-8-10-20(23)2)32(15-16-33)27(35)24(14-17-38-7)31-28(36)37-29(4,5)6/h8-13,18,24-25,33H,14-17H2,1-7H3,(H,30,34)(H,31,36). The Hall–Kier alpha value is -3.04. The van der Waals surface area contributed by atoms with Crippen molar-refractivity contribution in [3.05, 3.63) is 64.7 Å². The molecule has 38 heavy (non-hydrogen) atoms. The fraction of sp³-hybridized carbons (Fsp3) is 0.483. The number of aliphatic hydroxyl groups is 1. The number of thioether (sulfide) groups is 1. The molecule has 0 spiro atoms. The van der Waals surface area contributed by atoms with Gasteiger partial charge in [-0.1, -0.05) is 42.0 Å². The van der Waals surface area contributed by atoms with Crippen LogP contribution in [0, 0.1) is 20.8 Å². The van der Waals surface area contributed by atoms with Crippen molar-refractivity contribution in [1.82, 2.24) is 10.2 Å². The predicted octanol–water partition coefficient (Wildman–Crippen LogP) is 4.76. The zero-order valence-electron chi connectivity index (χ0n) is 23.5. The minimum absolute atomic E-state index is 0.0935. The molecule has 0 aromatic heterocycles. The van der Waals surface area contributed by atoms with Gasteiger partial charge in [0.15, 0.2) is 0 Å². The van der Waals surface area contributed by atoms with Gasteiger partial charge < -0.3 is 25.4 Å². The molecule has 0 fully saturated rings. The van der Waals surface area contributed by atoms with Gasteiger partial charge in [-0.05, 0) is 82.7 Å². The van der Waals surface area contributed by atoms with E-state index in [-0.39, 0.29) is 13.2 Å². The van der Waals surface area contributed by atoms with E-state index >= 15 is 0 Å². The van der Waals surface area contributed by atoms with Gasteiger partial charge in [-0.2, -0.15) is 11.8 Å². The van der Waals surface area contributed by atoms with Crippen LogP contribution in [0.5, 0.6) is 0 Å². The molecule has 0 saturated carbocycles. The number of ether oxygens (including phenoxy) is 1. The van der Waals surface area contributed by atoms with Crippen molar-refractivity contribution in [2.24, 2.45) is 0 Å². The number of anilines is 1. The number of hydrogen-bond acceptors (Lipinski definition) is 6. The van der Waals surface area contributed by atoms with E-state index in [4.69, 9.17) is 4.74 Å². The molecule has 0 heterocycles. The van der Waals surface area contributed by atoms with Gasteiger partial charge in [0.25, 0.3) is 5.91 Å². The number of carbonyl (C=O) groups excluding carboxylic acids is 3. The Kier molecular flexibility index (Phi) is 11.7. The summed E-state index contributed by atoms with van der Waals surface area (Å²) >= 11 is 1.54. The number of carbonyl (C=O) groups is 3. The molecule has 2 aromatic rings. The molecule has 0 aliphatic rings. The molecule has 3 amide bonds. The monoisotopic (exact) mass is 543 g/mol. The molecule has 2 atom stereocenters. The molecule has 0 bridgehead atoms. The third kappa shape index (κ3) is 9.06. The summed E-state index contributed by atoms with van der Waals surface area (Å²) in [5.74, 6) is -0.277. The van der Waals surface area contributed by atoms with Crippen molar-refractivity contribution in [2.75, 3.05) is 30.5 Å². The number of para-hydroxylation sites is 1. The maximum absolute atomic E-state index is 14.0. The van der Waals surface area contributed by atoms with E-state index in [9.17, 15) is 19.5 Å². The summed E-state index contributed by atoms with van der Waals surface area (Å²) in [4.78, 5) is 41.9. The molecule has 0 saturated heterocycles. The Morgan fingerprint density at radius 2 is 1.74 bits per heavy atom. The van der Waals surface area contributed by atoms with Crippen LogP contribution in [-0.2, 0) is 14.3 Å². The van der Waals surface area contributed by atoms with E-state index in [1.165, 1.54) is 16.7 Å². The minimum Gasteiger partial charge on any atom is -0.444 e. The van der Waals surface area contributed by atoms with Gasteiger partial charge in [-0.3, -0.25) is 9.59 Å². The largest absolute Gasteiger partial charge is 0.444 e. The number of nitrogens with zero attached hydrogens (tertiary/aromatic N) is 1. The van der Waals surface area contributed by atoms with E-state index < -0.39 is 35.6 Å². The quantitative estimate of drug-likeness (QED) is 0.377. The zero-order valence-corrected chi connectivity index (χ0v) is 24.3. The van der Waals surface area contributed by atoms with Gasteiger partial charge in [-0.15, -0.1) is 0 Å². The van der Waals surface area contributed by atoms with Crippen LogP contribution in [0.25, 0.3) is 0 Å². The first-order valence-corrected chi connectivity index (χ1v) is 14.1. The molecule has 0 radical (unpaired) electrons. The number of benzene rings is 2. The summed E-state index contributed by atoms with van der Waals surface area (Å²) < 4.78 is 5.40. The van der Waals surface area contributed by atoms with Gasteiger partial charge >= 0.3 is 6.09 Å². The van der Waals surface area contributed by atoms with Crippen molar-refractivity contribution in [3.8, 4) is 0 Å². The molecule has 0 aliphatic carbocycles. The first kappa shape index (κ1) is 31.2. The summed E-state index contributed by atoms with van der Waals surface area (Å²) in [6.45, 7) is 10.5. The highest BCUT2D eigenvalue weighted by molar-refractivity contribution is 7.98. The third-order valence-corrected chi connectivity index (χ3v) is 6.55. The summed E-state index contributed by atoms with van der Waals surface area (Å²) in [5.41, 5.74) is 3.28. The van der Waals surface area contributed by atoms with Gasteiger partial charge in [0.2, 0.25) is 5.91 Å². The molecule has 9 heteroatoms. The summed E-state index contributed by atoms with van der Waals surface area (Å²) in [5, 5.41) is 15.6. The fourth-order valence-corrected chi connectivity index (χ4v) is 4.59. The number of aliphatic hydroxyl groups excluding tert-OH is 1. The van der Waals surface area contributed by atoms with Gasteiger partial charge in [0.05, 0.1) is 6.61 Å². The predicted molar refractivity (Wildman–Crippen MR) is 153 cm³/mol. The van der Waals surface area contributed by atoms with Crippen molar-refractivity contribution in [2.45, 2.75) is 65.6 Å². The Balaban J connectivity index is 2.53. The molecule has 8 nitrogen and oxygen atoms in total. The van der Waals surface area contributed by atoms with Gasteiger partial charge in [0.1, 0.15) is 17.7 Å². The molecule has 0 aliphatic heterocycles. The first-order chi connectivity index (χ1) is 17.9. The summed E-state index contributed by atoms with van der Waals surface area (Å²) in [6.07, 6.45) is 1.53. The van der Waals surface area contributed by atoms with E-state index in [0.717, 1.165) is 16.7 Å². The first-order valence-electron chi connectivity index (χ1n) is 12.7. The molecular weight excluding hydrogens is 502 g/mol.